The Bertz CT molecular complexity index is 324. The van der Waals surface area contributed by atoms with E-state index in [1.165, 1.54) is 12.1 Å². The Balaban J connectivity index is 2.59. The van der Waals surface area contributed by atoms with Crippen molar-refractivity contribution in [1.82, 2.24) is 0 Å². The lowest BCUT2D eigenvalue weighted by atomic mass is 10.1. The molecule has 1 atom stereocenters. The smallest absolute Gasteiger partial charge is 0.183 e. The highest BCUT2D eigenvalue weighted by Crippen LogP contribution is 2.11. The van der Waals surface area contributed by atoms with Crippen molar-refractivity contribution in [2.24, 2.45) is 0 Å². The number of halogens is 1. The third kappa shape index (κ3) is 4.81. The third-order valence-electron chi connectivity index (χ3n) is 2.31. The van der Waals surface area contributed by atoms with Gasteiger partial charge in [-0.25, -0.2) is 4.39 Å². The normalized spacial score (nSPS) is 13.0. The first-order valence-corrected chi connectivity index (χ1v) is 5.83. The van der Waals surface area contributed by atoms with Crippen molar-refractivity contribution in [3.63, 3.8) is 0 Å². The van der Waals surface area contributed by atoms with Crippen molar-refractivity contribution in [1.29, 1.82) is 0 Å². The van der Waals surface area contributed by atoms with E-state index in [1.54, 1.807) is 12.1 Å². The Morgan fingerprint density at radius 3 is 2.41 bits per heavy atom. The van der Waals surface area contributed by atoms with Crippen LogP contribution in [0.1, 0.15) is 19.4 Å². The molecule has 0 aliphatic carbocycles. The number of aliphatic hydroxyl groups excluding tert-OH is 1. The van der Waals surface area contributed by atoms with Crippen LogP contribution in [0.15, 0.2) is 24.3 Å². The number of aliphatic hydroxyl groups is 1. The van der Waals surface area contributed by atoms with Gasteiger partial charge in [0, 0.05) is 19.6 Å². The second kappa shape index (κ2) is 7.37. The molecule has 1 aromatic rings. The lowest BCUT2D eigenvalue weighted by molar-refractivity contribution is -0.188. The minimum atomic E-state index is -0.795. The van der Waals surface area contributed by atoms with E-state index in [-0.39, 0.29) is 5.82 Å². The molecule has 0 saturated carbocycles. The molecule has 0 aliphatic rings. The molecule has 0 spiro atoms. The van der Waals surface area contributed by atoms with Crippen LogP contribution in [0, 0.1) is 5.82 Å². The molecular formula is C13H19FO3. The van der Waals surface area contributed by atoms with E-state index < -0.39 is 12.4 Å². The predicted molar refractivity (Wildman–Crippen MR) is 63.2 cm³/mol. The van der Waals surface area contributed by atoms with Crippen molar-refractivity contribution >= 4 is 0 Å². The molecule has 0 fully saturated rings. The zero-order valence-corrected chi connectivity index (χ0v) is 10.2. The number of benzene rings is 1. The molecule has 0 heterocycles. The Kier molecular flexibility index (Phi) is 6.11. The third-order valence-corrected chi connectivity index (χ3v) is 2.31. The molecule has 0 radical (unpaired) electrons. The number of hydrogen-bond donors (Lipinski definition) is 1. The molecule has 1 N–H and O–H groups in total. The van der Waals surface area contributed by atoms with E-state index in [9.17, 15) is 9.50 Å². The van der Waals surface area contributed by atoms with Crippen LogP contribution in [0.2, 0.25) is 0 Å². The Labute approximate surface area is 101 Å². The zero-order chi connectivity index (χ0) is 12.7. The second-order valence-electron chi connectivity index (χ2n) is 3.68. The summed E-state index contributed by atoms with van der Waals surface area (Å²) in [6, 6.07) is 6.16. The molecule has 1 rings (SSSR count). The first-order valence-electron chi connectivity index (χ1n) is 5.83. The molecular weight excluding hydrogens is 223 g/mol. The van der Waals surface area contributed by atoms with Gasteiger partial charge in [0.25, 0.3) is 0 Å². The maximum absolute atomic E-state index is 13.0. The first kappa shape index (κ1) is 14.1. The van der Waals surface area contributed by atoms with Crippen LogP contribution in [-0.2, 0) is 15.9 Å². The van der Waals surface area contributed by atoms with Gasteiger partial charge in [0.1, 0.15) is 11.9 Å². The molecule has 0 aliphatic heterocycles. The Hall–Kier alpha value is -0.970. The lowest BCUT2D eigenvalue weighted by Crippen LogP contribution is -2.33. The summed E-state index contributed by atoms with van der Waals surface area (Å²) in [7, 11) is 0. The van der Waals surface area contributed by atoms with Crippen molar-refractivity contribution in [2.45, 2.75) is 32.7 Å². The summed E-state index contributed by atoms with van der Waals surface area (Å²) in [6.07, 6.45) is -1.15. The summed E-state index contributed by atoms with van der Waals surface area (Å²) in [4.78, 5) is 0. The van der Waals surface area contributed by atoms with E-state index in [2.05, 4.69) is 0 Å². The van der Waals surface area contributed by atoms with Crippen molar-refractivity contribution in [2.75, 3.05) is 13.2 Å². The number of ether oxygens (including phenoxy) is 2. The monoisotopic (exact) mass is 242 g/mol. The summed E-state index contributed by atoms with van der Waals surface area (Å²) in [5.41, 5.74) is 0.724. The summed E-state index contributed by atoms with van der Waals surface area (Å²) >= 11 is 0. The van der Waals surface area contributed by atoms with E-state index in [4.69, 9.17) is 9.47 Å². The standard InChI is InChI=1S/C13H19FO3/c1-3-16-13(17-4-2)12(15)9-10-6-5-7-11(14)8-10/h5-8,12-13,15H,3-4,9H2,1-2H3. The van der Waals surface area contributed by atoms with Gasteiger partial charge in [-0.1, -0.05) is 12.1 Å². The molecule has 0 saturated heterocycles. The van der Waals surface area contributed by atoms with E-state index in [0.29, 0.717) is 19.6 Å². The van der Waals surface area contributed by atoms with Crippen LogP contribution < -0.4 is 0 Å². The van der Waals surface area contributed by atoms with Crippen LogP contribution in [0.5, 0.6) is 0 Å². The van der Waals surface area contributed by atoms with Crippen LogP contribution in [-0.4, -0.2) is 30.7 Å². The van der Waals surface area contributed by atoms with Crippen LogP contribution in [0.4, 0.5) is 4.39 Å². The minimum absolute atomic E-state index is 0.306. The first-order chi connectivity index (χ1) is 8.17. The largest absolute Gasteiger partial charge is 0.387 e. The summed E-state index contributed by atoms with van der Waals surface area (Å²) < 4.78 is 23.5. The van der Waals surface area contributed by atoms with Gasteiger partial charge < -0.3 is 14.6 Å². The van der Waals surface area contributed by atoms with Gasteiger partial charge in [-0.15, -0.1) is 0 Å². The second-order valence-corrected chi connectivity index (χ2v) is 3.68. The van der Waals surface area contributed by atoms with Crippen LogP contribution >= 0.6 is 0 Å². The Morgan fingerprint density at radius 2 is 1.88 bits per heavy atom. The van der Waals surface area contributed by atoms with Gasteiger partial charge >= 0.3 is 0 Å². The zero-order valence-electron chi connectivity index (χ0n) is 10.2. The van der Waals surface area contributed by atoms with E-state index in [1.807, 2.05) is 13.8 Å². The molecule has 17 heavy (non-hydrogen) atoms. The van der Waals surface area contributed by atoms with Crippen LogP contribution in [0.3, 0.4) is 0 Å². The highest BCUT2D eigenvalue weighted by molar-refractivity contribution is 5.17. The van der Waals surface area contributed by atoms with E-state index >= 15 is 0 Å². The van der Waals surface area contributed by atoms with Crippen molar-refractivity contribution in [3.8, 4) is 0 Å². The van der Waals surface area contributed by atoms with Crippen molar-refractivity contribution < 1.29 is 19.0 Å². The SMILES string of the molecule is CCOC(OCC)C(O)Cc1cccc(F)c1. The van der Waals surface area contributed by atoms with E-state index in [0.717, 1.165) is 5.56 Å². The molecule has 1 aromatic carbocycles. The average molecular weight is 242 g/mol. The quantitative estimate of drug-likeness (QED) is 0.744. The van der Waals surface area contributed by atoms with Gasteiger partial charge in [-0.2, -0.15) is 0 Å². The van der Waals surface area contributed by atoms with Gasteiger partial charge in [-0.05, 0) is 31.5 Å². The van der Waals surface area contributed by atoms with Crippen molar-refractivity contribution in [3.05, 3.63) is 35.6 Å². The fraction of sp³-hybridized carbons (Fsp3) is 0.538. The van der Waals surface area contributed by atoms with Gasteiger partial charge in [0.05, 0.1) is 0 Å². The lowest BCUT2D eigenvalue weighted by Gasteiger charge is -2.22. The number of hydrogen-bond acceptors (Lipinski definition) is 3. The maximum Gasteiger partial charge on any atom is 0.183 e. The molecule has 4 heteroatoms. The van der Waals surface area contributed by atoms with Gasteiger partial charge in [0.15, 0.2) is 6.29 Å². The van der Waals surface area contributed by atoms with Gasteiger partial charge in [0.2, 0.25) is 0 Å². The molecule has 3 nitrogen and oxygen atoms in total. The van der Waals surface area contributed by atoms with Gasteiger partial charge in [-0.3, -0.25) is 0 Å². The fourth-order valence-corrected chi connectivity index (χ4v) is 1.60. The highest BCUT2D eigenvalue weighted by atomic mass is 19.1. The highest BCUT2D eigenvalue weighted by Gasteiger charge is 2.20. The van der Waals surface area contributed by atoms with Crippen LogP contribution in [0.25, 0.3) is 0 Å². The summed E-state index contributed by atoms with van der Waals surface area (Å²) in [5, 5.41) is 9.94. The maximum atomic E-state index is 13.0. The molecule has 0 aromatic heterocycles. The summed E-state index contributed by atoms with van der Waals surface area (Å²) in [6.45, 7) is 4.59. The number of rotatable bonds is 7. The topological polar surface area (TPSA) is 38.7 Å². The molecule has 96 valence electrons. The molecule has 1 unspecified atom stereocenters. The predicted octanol–water partition coefficient (Wildman–Crippen LogP) is 2.13. The molecule has 0 bridgehead atoms. The minimum Gasteiger partial charge on any atom is -0.387 e. The fourth-order valence-electron chi connectivity index (χ4n) is 1.60. The average Bonchev–Trinajstić information content (AvgIpc) is 2.28. The molecule has 0 amide bonds. The summed E-state index contributed by atoms with van der Waals surface area (Å²) in [5.74, 6) is -0.306. The Morgan fingerprint density at radius 1 is 1.24 bits per heavy atom.